The number of carboxylic acids is 1. The Bertz CT molecular complexity index is 358. The summed E-state index contributed by atoms with van der Waals surface area (Å²) < 4.78 is 5.11. The van der Waals surface area contributed by atoms with Crippen LogP contribution in [0.4, 0.5) is 0 Å². The number of aliphatic carboxylic acids is 1. The Kier molecular flexibility index (Phi) is 4.10. The molecule has 0 aliphatic carbocycles. The molecule has 0 saturated heterocycles. The summed E-state index contributed by atoms with van der Waals surface area (Å²) in [6.07, 6.45) is 1.52. The largest absolute Gasteiger partial charge is 0.481 e. The molecule has 5 nitrogen and oxygen atoms in total. The molecule has 0 aliphatic heterocycles. The summed E-state index contributed by atoms with van der Waals surface area (Å²) in [7, 11) is 0. The van der Waals surface area contributed by atoms with Gasteiger partial charge in [-0.1, -0.05) is 6.92 Å². The number of hydrogen-bond acceptors (Lipinski definition) is 3. The minimum Gasteiger partial charge on any atom is -0.481 e. The van der Waals surface area contributed by atoms with E-state index in [1.807, 2.05) is 0 Å². The van der Waals surface area contributed by atoms with E-state index in [1.165, 1.54) is 18.1 Å². The second-order valence-electron chi connectivity index (χ2n) is 3.72. The molecule has 1 N–H and O–H groups in total. The Morgan fingerprint density at radius 1 is 1.56 bits per heavy atom. The summed E-state index contributed by atoms with van der Waals surface area (Å²) >= 11 is 0. The number of carbonyl (C=O) groups is 2. The Hall–Kier alpha value is -1.78. The van der Waals surface area contributed by atoms with Gasteiger partial charge in [0.15, 0.2) is 0 Å². The van der Waals surface area contributed by atoms with Crippen molar-refractivity contribution in [1.82, 2.24) is 4.90 Å². The minimum absolute atomic E-state index is 0.162. The molecule has 1 aromatic heterocycles. The summed E-state index contributed by atoms with van der Waals surface area (Å²) in [6.45, 7) is 3.48. The fourth-order valence-electron chi connectivity index (χ4n) is 1.30. The van der Waals surface area contributed by atoms with Crippen LogP contribution in [0.3, 0.4) is 0 Å². The second-order valence-corrected chi connectivity index (χ2v) is 3.72. The zero-order valence-electron chi connectivity index (χ0n) is 9.34. The SMILES string of the molecule is CC(=O)N(Cc1ccco1)CC(C)C(=O)O. The molecule has 0 saturated carbocycles. The Morgan fingerprint density at radius 2 is 2.25 bits per heavy atom. The highest BCUT2D eigenvalue weighted by atomic mass is 16.4. The average molecular weight is 225 g/mol. The Balaban J connectivity index is 2.61. The number of carboxylic acid groups (broad SMARTS) is 1. The lowest BCUT2D eigenvalue weighted by Crippen LogP contribution is -2.34. The molecule has 0 spiro atoms. The standard InChI is InChI=1S/C11H15NO4/c1-8(11(14)15)6-12(9(2)13)7-10-4-3-5-16-10/h3-5,8H,6-7H2,1-2H3,(H,14,15). The highest BCUT2D eigenvalue weighted by Gasteiger charge is 2.18. The number of amides is 1. The third-order valence-corrected chi connectivity index (χ3v) is 2.29. The van der Waals surface area contributed by atoms with Crippen molar-refractivity contribution in [1.29, 1.82) is 0 Å². The first-order valence-corrected chi connectivity index (χ1v) is 5.01. The van der Waals surface area contributed by atoms with Crippen LogP contribution in [0.15, 0.2) is 22.8 Å². The molecule has 1 amide bonds. The van der Waals surface area contributed by atoms with Gasteiger partial charge in [0.1, 0.15) is 5.76 Å². The fraction of sp³-hybridized carbons (Fsp3) is 0.455. The van der Waals surface area contributed by atoms with E-state index in [2.05, 4.69) is 0 Å². The first-order valence-electron chi connectivity index (χ1n) is 5.01. The van der Waals surface area contributed by atoms with E-state index in [-0.39, 0.29) is 12.5 Å². The maximum absolute atomic E-state index is 11.3. The van der Waals surface area contributed by atoms with Crippen LogP contribution in [0.25, 0.3) is 0 Å². The normalized spacial score (nSPS) is 12.1. The highest BCUT2D eigenvalue weighted by Crippen LogP contribution is 2.08. The third-order valence-electron chi connectivity index (χ3n) is 2.29. The predicted octanol–water partition coefficient (Wildman–Crippen LogP) is 1.35. The van der Waals surface area contributed by atoms with E-state index < -0.39 is 11.9 Å². The molecule has 1 aromatic rings. The van der Waals surface area contributed by atoms with Crippen LogP contribution in [0.1, 0.15) is 19.6 Å². The van der Waals surface area contributed by atoms with Crippen LogP contribution in [0, 0.1) is 5.92 Å². The van der Waals surface area contributed by atoms with Crippen molar-refractivity contribution < 1.29 is 19.1 Å². The van der Waals surface area contributed by atoms with Crippen molar-refractivity contribution in [3.63, 3.8) is 0 Å². The topological polar surface area (TPSA) is 70.8 Å². The molecule has 1 heterocycles. The first kappa shape index (κ1) is 12.3. The minimum atomic E-state index is -0.911. The Labute approximate surface area is 93.7 Å². The van der Waals surface area contributed by atoms with Gasteiger partial charge in [0.05, 0.1) is 18.7 Å². The lowest BCUT2D eigenvalue weighted by Gasteiger charge is -2.21. The first-order chi connectivity index (χ1) is 7.50. The van der Waals surface area contributed by atoms with Crippen LogP contribution in [0.5, 0.6) is 0 Å². The van der Waals surface area contributed by atoms with E-state index in [4.69, 9.17) is 9.52 Å². The summed E-state index contributed by atoms with van der Waals surface area (Å²) in [5.74, 6) is -1.01. The van der Waals surface area contributed by atoms with Gasteiger partial charge in [-0.15, -0.1) is 0 Å². The fourth-order valence-corrected chi connectivity index (χ4v) is 1.30. The number of carbonyl (C=O) groups excluding carboxylic acids is 1. The zero-order chi connectivity index (χ0) is 12.1. The van der Waals surface area contributed by atoms with Gasteiger partial charge in [-0.25, -0.2) is 0 Å². The van der Waals surface area contributed by atoms with Crippen molar-refractivity contribution >= 4 is 11.9 Å². The maximum Gasteiger partial charge on any atom is 0.308 e. The van der Waals surface area contributed by atoms with Crippen molar-refractivity contribution in [2.45, 2.75) is 20.4 Å². The third kappa shape index (κ3) is 3.42. The molecule has 0 fully saturated rings. The van der Waals surface area contributed by atoms with Crippen molar-refractivity contribution in [2.24, 2.45) is 5.92 Å². The van der Waals surface area contributed by atoms with E-state index in [0.717, 1.165) is 0 Å². The lowest BCUT2D eigenvalue weighted by atomic mass is 10.1. The quantitative estimate of drug-likeness (QED) is 0.821. The van der Waals surface area contributed by atoms with Crippen LogP contribution in [-0.2, 0) is 16.1 Å². The van der Waals surface area contributed by atoms with Gasteiger partial charge >= 0.3 is 5.97 Å². The van der Waals surface area contributed by atoms with Gasteiger partial charge in [0.25, 0.3) is 0 Å². The molecule has 5 heteroatoms. The molecule has 0 aliphatic rings. The number of furan rings is 1. The van der Waals surface area contributed by atoms with Gasteiger partial charge in [-0.2, -0.15) is 0 Å². The predicted molar refractivity (Wildman–Crippen MR) is 56.6 cm³/mol. The second kappa shape index (κ2) is 5.34. The van der Waals surface area contributed by atoms with Gasteiger partial charge in [-0.3, -0.25) is 9.59 Å². The molecule has 88 valence electrons. The number of hydrogen-bond donors (Lipinski definition) is 1. The average Bonchev–Trinajstić information content (AvgIpc) is 2.68. The van der Waals surface area contributed by atoms with Crippen LogP contribution >= 0.6 is 0 Å². The molecule has 1 unspecified atom stereocenters. The molecule has 1 atom stereocenters. The Morgan fingerprint density at radius 3 is 2.69 bits per heavy atom. The van der Waals surface area contributed by atoms with Gasteiger partial charge in [0, 0.05) is 13.5 Å². The van der Waals surface area contributed by atoms with Gasteiger partial charge in [-0.05, 0) is 12.1 Å². The summed E-state index contributed by atoms with van der Waals surface area (Å²) in [5.41, 5.74) is 0. The van der Waals surface area contributed by atoms with E-state index in [0.29, 0.717) is 12.3 Å². The van der Waals surface area contributed by atoms with E-state index in [9.17, 15) is 9.59 Å². The highest BCUT2D eigenvalue weighted by molar-refractivity contribution is 5.75. The van der Waals surface area contributed by atoms with Gasteiger partial charge in [0.2, 0.25) is 5.91 Å². The smallest absolute Gasteiger partial charge is 0.308 e. The monoisotopic (exact) mass is 225 g/mol. The molecule has 0 radical (unpaired) electrons. The summed E-state index contributed by atoms with van der Waals surface area (Å²) in [5, 5.41) is 8.78. The van der Waals surface area contributed by atoms with Crippen molar-refractivity contribution in [2.75, 3.05) is 6.54 Å². The summed E-state index contributed by atoms with van der Waals surface area (Å²) in [4.78, 5) is 23.5. The van der Waals surface area contributed by atoms with Crippen LogP contribution < -0.4 is 0 Å². The van der Waals surface area contributed by atoms with Crippen molar-refractivity contribution in [3.05, 3.63) is 24.2 Å². The lowest BCUT2D eigenvalue weighted by molar-refractivity contribution is -0.143. The zero-order valence-corrected chi connectivity index (χ0v) is 9.34. The van der Waals surface area contributed by atoms with E-state index >= 15 is 0 Å². The van der Waals surface area contributed by atoms with E-state index in [1.54, 1.807) is 19.1 Å². The van der Waals surface area contributed by atoms with Crippen LogP contribution in [-0.4, -0.2) is 28.4 Å². The molecule has 1 rings (SSSR count). The van der Waals surface area contributed by atoms with Gasteiger partial charge < -0.3 is 14.4 Å². The molecular formula is C11H15NO4. The molecule has 16 heavy (non-hydrogen) atoms. The van der Waals surface area contributed by atoms with Crippen LogP contribution in [0.2, 0.25) is 0 Å². The number of rotatable bonds is 5. The molecule has 0 aromatic carbocycles. The maximum atomic E-state index is 11.3. The molecular weight excluding hydrogens is 210 g/mol. The summed E-state index contributed by atoms with van der Waals surface area (Å²) in [6, 6.07) is 3.48. The molecule has 0 bridgehead atoms. The van der Waals surface area contributed by atoms with Crippen molar-refractivity contribution in [3.8, 4) is 0 Å². The number of nitrogens with zero attached hydrogens (tertiary/aromatic N) is 1.